The van der Waals surface area contributed by atoms with Gasteiger partial charge in [0.05, 0.1) is 18.3 Å². The van der Waals surface area contributed by atoms with Crippen LogP contribution in [0.2, 0.25) is 10.0 Å². The maximum absolute atomic E-state index is 10.2. The van der Waals surface area contributed by atoms with Crippen LogP contribution in [-0.2, 0) is 0 Å². The molecule has 1 aromatic carbocycles. The molecule has 2 atom stereocenters. The first-order chi connectivity index (χ1) is 9.47. The van der Waals surface area contributed by atoms with E-state index in [2.05, 4.69) is 10.3 Å². The van der Waals surface area contributed by atoms with Gasteiger partial charge in [0.1, 0.15) is 5.76 Å². The molecule has 6 heteroatoms. The van der Waals surface area contributed by atoms with Gasteiger partial charge in [0, 0.05) is 22.2 Å². The van der Waals surface area contributed by atoms with Crippen LogP contribution in [0, 0.1) is 6.92 Å². The molecule has 2 aromatic rings. The molecular formula is C14H16Cl2N2O2. The van der Waals surface area contributed by atoms with Crippen molar-refractivity contribution in [3.8, 4) is 0 Å². The average Bonchev–Trinajstić information content (AvgIpc) is 2.85. The first kappa shape index (κ1) is 15.3. The van der Waals surface area contributed by atoms with E-state index in [-0.39, 0.29) is 6.04 Å². The summed E-state index contributed by atoms with van der Waals surface area (Å²) in [4.78, 5) is 4.14. The summed E-state index contributed by atoms with van der Waals surface area (Å²) < 4.78 is 5.42. The molecule has 0 fully saturated rings. The zero-order valence-electron chi connectivity index (χ0n) is 11.2. The molecule has 108 valence electrons. The molecule has 0 aliphatic carbocycles. The van der Waals surface area contributed by atoms with Crippen molar-refractivity contribution in [3.05, 3.63) is 51.7 Å². The quantitative estimate of drug-likeness (QED) is 0.884. The Morgan fingerprint density at radius 2 is 2.15 bits per heavy atom. The minimum atomic E-state index is -0.750. The monoisotopic (exact) mass is 314 g/mol. The van der Waals surface area contributed by atoms with Crippen LogP contribution in [0.1, 0.15) is 36.3 Å². The number of nitrogens with zero attached hydrogens (tertiary/aromatic N) is 1. The molecule has 4 nitrogen and oxygen atoms in total. The highest BCUT2D eigenvalue weighted by Gasteiger charge is 2.16. The van der Waals surface area contributed by atoms with Gasteiger partial charge in [-0.3, -0.25) is 0 Å². The lowest BCUT2D eigenvalue weighted by Gasteiger charge is -2.16. The summed E-state index contributed by atoms with van der Waals surface area (Å²) in [5.41, 5.74) is 0.599. The number of halogens is 2. The minimum Gasteiger partial charge on any atom is -0.444 e. The van der Waals surface area contributed by atoms with E-state index >= 15 is 0 Å². The Balaban J connectivity index is 1.98. The van der Waals surface area contributed by atoms with Crippen LogP contribution in [0.4, 0.5) is 0 Å². The first-order valence-electron chi connectivity index (χ1n) is 6.26. The van der Waals surface area contributed by atoms with Crippen LogP contribution in [-0.4, -0.2) is 16.6 Å². The molecule has 20 heavy (non-hydrogen) atoms. The smallest absolute Gasteiger partial charge is 0.211 e. The molecule has 0 spiro atoms. The van der Waals surface area contributed by atoms with E-state index in [9.17, 15) is 5.11 Å². The summed E-state index contributed by atoms with van der Waals surface area (Å²) in [5, 5.41) is 14.4. The third-order valence-corrected chi connectivity index (χ3v) is 3.52. The molecule has 1 aromatic heterocycles. The molecule has 0 bridgehead atoms. The van der Waals surface area contributed by atoms with Crippen LogP contribution in [0.15, 0.2) is 28.8 Å². The van der Waals surface area contributed by atoms with Gasteiger partial charge < -0.3 is 14.8 Å². The summed E-state index contributed by atoms with van der Waals surface area (Å²) >= 11 is 12.0. The maximum atomic E-state index is 10.2. The molecule has 0 amide bonds. The fraction of sp³-hybridized carbons (Fsp3) is 0.357. The predicted molar refractivity (Wildman–Crippen MR) is 79.1 cm³/mol. The average molecular weight is 315 g/mol. The van der Waals surface area contributed by atoms with Gasteiger partial charge in [0.15, 0.2) is 0 Å². The lowest BCUT2D eigenvalue weighted by atomic mass is 10.1. The summed E-state index contributed by atoms with van der Waals surface area (Å²) in [5.74, 6) is 1.35. The molecule has 2 rings (SSSR count). The van der Waals surface area contributed by atoms with Crippen molar-refractivity contribution in [2.45, 2.75) is 26.0 Å². The third-order valence-electron chi connectivity index (χ3n) is 2.94. The van der Waals surface area contributed by atoms with Crippen LogP contribution < -0.4 is 5.32 Å². The van der Waals surface area contributed by atoms with E-state index in [0.717, 1.165) is 5.76 Å². The highest BCUT2D eigenvalue weighted by molar-refractivity contribution is 6.33. The number of aromatic nitrogens is 1. The number of hydrogen-bond acceptors (Lipinski definition) is 4. The lowest BCUT2D eigenvalue weighted by Crippen LogP contribution is -2.25. The zero-order chi connectivity index (χ0) is 14.7. The fourth-order valence-electron chi connectivity index (χ4n) is 1.83. The Hall–Kier alpha value is -1.07. The molecule has 2 unspecified atom stereocenters. The summed E-state index contributed by atoms with van der Waals surface area (Å²) in [6.45, 7) is 4.07. The van der Waals surface area contributed by atoms with E-state index < -0.39 is 6.10 Å². The lowest BCUT2D eigenvalue weighted by molar-refractivity contribution is 0.168. The standard InChI is InChI=1S/C14H16Cl2N2O2/c1-8-6-18-14(20-8)9(2)17-7-13(19)11-5-10(15)3-4-12(11)16/h3-6,9,13,17,19H,7H2,1-2H3. The van der Waals surface area contributed by atoms with Crippen molar-refractivity contribution in [1.29, 1.82) is 0 Å². The second-order valence-corrected chi connectivity index (χ2v) is 5.46. The van der Waals surface area contributed by atoms with Crippen molar-refractivity contribution in [2.24, 2.45) is 0 Å². The van der Waals surface area contributed by atoms with Gasteiger partial charge in [-0.25, -0.2) is 4.98 Å². The van der Waals surface area contributed by atoms with Crippen LogP contribution in [0.3, 0.4) is 0 Å². The SMILES string of the molecule is Cc1cnc(C(C)NCC(O)c2cc(Cl)ccc2Cl)o1. The number of hydrogen-bond donors (Lipinski definition) is 2. The number of aryl methyl sites for hydroxylation is 1. The van der Waals surface area contributed by atoms with Crippen molar-refractivity contribution in [1.82, 2.24) is 10.3 Å². The Kier molecular flexibility index (Phi) is 5.05. The number of oxazole rings is 1. The highest BCUT2D eigenvalue weighted by atomic mass is 35.5. The van der Waals surface area contributed by atoms with Gasteiger partial charge in [-0.1, -0.05) is 23.2 Å². The number of benzene rings is 1. The maximum Gasteiger partial charge on any atom is 0.211 e. The van der Waals surface area contributed by atoms with Crippen molar-refractivity contribution in [3.63, 3.8) is 0 Å². The van der Waals surface area contributed by atoms with Gasteiger partial charge in [-0.05, 0) is 32.0 Å². The molecule has 0 saturated heterocycles. The molecule has 1 heterocycles. The van der Waals surface area contributed by atoms with Crippen molar-refractivity contribution >= 4 is 23.2 Å². The number of nitrogens with one attached hydrogen (secondary N) is 1. The molecule has 0 radical (unpaired) electrons. The van der Waals surface area contributed by atoms with E-state index in [1.54, 1.807) is 24.4 Å². The second-order valence-electron chi connectivity index (χ2n) is 4.62. The van der Waals surface area contributed by atoms with E-state index in [4.69, 9.17) is 27.6 Å². The Morgan fingerprint density at radius 1 is 1.40 bits per heavy atom. The number of aliphatic hydroxyl groups excluding tert-OH is 1. The molecule has 0 saturated carbocycles. The fourth-order valence-corrected chi connectivity index (χ4v) is 2.25. The minimum absolute atomic E-state index is 0.101. The Morgan fingerprint density at radius 3 is 2.80 bits per heavy atom. The van der Waals surface area contributed by atoms with Gasteiger partial charge in [0.25, 0.3) is 0 Å². The molecular weight excluding hydrogens is 299 g/mol. The summed E-state index contributed by atoms with van der Waals surface area (Å²) in [7, 11) is 0. The van der Waals surface area contributed by atoms with Crippen molar-refractivity contribution in [2.75, 3.05) is 6.54 Å². The summed E-state index contributed by atoms with van der Waals surface area (Å²) in [6, 6.07) is 4.92. The van der Waals surface area contributed by atoms with Gasteiger partial charge in [-0.15, -0.1) is 0 Å². The van der Waals surface area contributed by atoms with Gasteiger partial charge in [0.2, 0.25) is 5.89 Å². The highest BCUT2D eigenvalue weighted by Crippen LogP contribution is 2.26. The topological polar surface area (TPSA) is 58.3 Å². The largest absolute Gasteiger partial charge is 0.444 e. The number of aliphatic hydroxyl groups is 1. The van der Waals surface area contributed by atoms with Crippen molar-refractivity contribution < 1.29 is 9.52 Å². The van der Waals surface area contributed by atoms with Gasteiger partial charge >= 0.3 is 0 Å². The van der Waals surface area contributed by atoms with Crippen LogP contribution in [0.25, 0.3) is 0 Å². The molecule has 0 aliphatic rings. The second kappa shape index (κ2) is 6.59. The summed E-state index contributed by atoms with van der Waals surface area (Å²) in [6.07, 6.45) is 0.914. The van der Waals surface area contributed by atoms with Crippen LogP contribution >= 0.6 is 23.2 Å². The van der Waals surface area contributed by atoms with Gasteiger partial charge in [-0.2, -0.15) is 0 Å². The van der Waals surface area contributed by atoms with Crippen LogP contribution in [0.5, 0.6) is 0 Å². The third kappa shape index (κ3) is 3.73. The van der Waals surface area contributed by atoms with E-state index in [1.165, 1.54) is 0 Å². The normalized spacial score (nSPS) is 14.2. The molecule has 0 aliphatic heterocycles. The Bertz CT molecular complexity index is 586. The predicted octanol–water partition coefficient (Wildman–Crippen LogP) is 3.67. The van der Waals surface area contributed by atoms with E-state index in [1.807, 2.05) is 13.8 Å². The molecule has 2 N–H and O–H groups in total. The Labute approximate surface area is 127 Å². The van der Waals surface area contributed by atoms with E-state index in [0.29, 0.717) is 28.0 Å². The first-order valence-corrected chi connectivity index (χ1v) is 7.01. The zero-order valence-corrected chi connectivity index (χ0v) is 12.7. The number of rotatable bonds is 5.